The molecule has 2 aliphatic heterocycles. The van der Waals surface area contributed by atoms with Crippen molar-refractivity contribution in [3.8, 4) is 5.75 Å². The van der Waals surface area contributed by atoms with E-state index in [1.165, 1.54) is 46.2 Å². The SMILES string of the molecule is O=C(Cn1c2c(sc1=O)[C@@H](c1cccs1)[C@@H]1C(=O)N(c3cccc(C(F)(F)F)c3)C(=O)[C@@H]1S2)Nc1ccc(O)cc1. The van der Waals surface area contributed by atoms with Crippen LogP contribution in [-0.2, 0) is 27.1 Å². The van der Waals surface area contributed by atoms with E-state index in [1.807, 2.05) is 0 Å². The van der Waals surface area contributed by atoms with Gasteiger partial charge >= 0.3 is 11.0 Å². The highest BCUT2D eigenvalue weighted by molar-refractivity contribution is 8.00. The van der Waals surface area contributed by atoms with Gasteiger partial charge in [-0.1, -0.05) is 35.2 Å². The first kappa shape index (κ1) is 27.3. The summed E-state index contributed by atoms with van der Waals surface area (Å²) in [6.45, 7) is -0.368. The maximum atomic E-state index is 13.8. The first-order valence-electron chi connectivity index (χ1n) is 12.1. The molecule has 0 bridgehead atoms. The van der Waals surface area contributed by atoms with Crippen LogP contribution >= 0.6 is 34.4 Å². The zero-order valence-electron chi connectivity index (χ0n) is 20.6. The summed E-state index contributed by atoms with van der Waals surface area (Å²) < 4.78 is 41.5. The smallest absolute Gasteiger partial charge is 0.416 e. The van der Waals surface area contributed by atoms with Gasteiger partial charge < -0.3 is 10.4 Å². The Morgan fingerprint density at radius 1 is 1.00 bits per heavy atom. The molecule has 6 rings (SSSR count). The van der Waals surface area contributed by atoms with Crippen LogP contribution in [0, 0.1) is 5.92 Å². The molecule has 210 valence electrons. The summed E-state index contributed by atoms with van der Waals surface area (Å²) in [5.74, 6) is -3.48. The maximum absolute atomic E-state index is 13.8. The fraction of sp³-hybridized carbons (Fsp3) is 0.185. The molecule has 4 aromatic rings. The van der Waals surface area contributed by atoms with Crippen LogP contribution in [0.1, 0.15) is 21.2 Å². The molecule has 14 heteroatoms. The number of phenols is 1. The number of imide groups is 1. The van der Waals surface area contributed by atoms with Crippen LogP contribution in [0.2, 0.25) is 0 Å². The summed E-state index contributed by atoms with van der Waals surface area (Å²) in [5.41, 5.74) is -0.758. The van der Waals surface area contributed by atoms with Crippen molar-refractivity contribution in [1.29, 1.82) is 0 Å². The number of hydrogen-bond donors (Lipinski definition) is 2. The Hall–Kier alpha value is -3.88. The summed E-state index contributed by atoms with van der Waals surface area (Å²) in [6, 6.07) is 13.4. The van der Waals surface area contributed by atoms with Crippen LogP contribution in [-0.4, -0.2) is 32.6 Å². The van der Waals surface area contributed by atoms with Crippen molar-refractivity contribution in [1.82, 2.24) is 4.57 Å². The van der Waals surface area contributed by atoms with E-state index < -0.39 is 51.4 Å². The Bertz CT molecular complexity index is 1730. The number of rotatable bonds is 5. The molecule has 0 unspecified atom stereocenters. The lowest BCUT2D eigenvalue weighted by molar-refractivity contribution is -0.137. The van der Waals surface area contributed by atoms with Gasteiger partial charge in [0.2, 0.25) is 17.7 Å². The van der Waals surface area contributed by atoms with Gasteiger partial charge in [-0.2, -0.15) is 13.2 Å². The molecule has 0 saturated carbocycles. The molecule has 4 heterocycles. The third-order valence-corrected chi connectivity index (χ3v) is 10.3. The van der Waals surface area contributed by atoms with Crippen molar-refractivity contribution in [2.75, 3.05) is 10.2 Å². The van der Waals surface area contributed by atoms with Gasteiger partial charge in [0.05, 0.1) is 22.2 Å². The number of fused-ring (bicyclic) bond motifs is 2. The highest BCUT2D eigenvalue weighted by Crippen LogP contribution is 2.54. The van der Waals surface area contributed by atoms with Gasteiger partial charge in [-0.3, -0.25) is 23.7 Å². The first-order chi connectivity index (χ1) is 19.5. The normalized spacial score (nSPS) is 20.2. The number of halogens is 3. The molecule has 0 spiro atoms. The summed E-state index contributed by atoms with van der Waals surface area (Å²) in [6.07, 6.45) is -4.66. The van der Waals surface area contributed by atoms with E-state index in [-0.39, 0.29) is 18.0 Å². The second kappa shape index (κ2) is 10.2. The van der Waals surface area contributed by atoms with Crippen LogP contribution in [0.3, 0.4) is 0 Å². The molecule has 3 atom stereocenters. The number of hydrogen-bond acceptors (Lipinski definition) is 8. The first-order valence-corrected chi connectivity index (χ1v) is 14.7. The van der Waals surface area contributed by atoms with Gasteiger partial charge in [0.15, 0.2) is 0 Å². The highest BCUT2D eigenvalue weighted by atomic mass is 32.2. The Balaban J connectivity index is 1.38. The maximum Gasteiger partial charge on any atom is 0.416 e. The van der Waals surface area contributed by atoms with Gasteiger partial charge in [0.1, 0.15) is 17.5 Å². The molecule has 2 N–H and O–H groups in total. The number of nitrogens with zero attached hydrogens (tertiary/aromatic N) is 2. The minimum absolute atomic E-state index is 0.0200. The van der Waals surface area contributed by atoms with Gasteiger partial charge in [-0.05, 0) is 53.9 Å². The zero-order chi connectivity index (χ0) is 29.1. The Labute approximate surface area is 242 Å². The number of aromatic nitrogens is 1. The van der Waals surface area contributed by atoms with Crippen LogP contribution in [0.15, 0.2) is 75.9 Å². The number of carbonyl (C=O) groups is 3. The number of thiophene rings is 1. The van der Waals surface area contributed by atoms with Crippen molar-refractivity contribution in [2.24, 2.45) is 5.92 Å². The van der Waals surface area contributed by atoms with Crippen LogP contribution in [0.4, 0.5) is 24.5 Å². The lowest BCUT2D eigenvalue weighted by Gasteiger charge is -2.29. The fourth-order valence-electron chi connectivity index (χ4n) is 4.99. The average molecular weight is 618 g/mol. The molecular formula is C27H18F3N3O5S3. The highest BCUT2D eigenvalue weighted by Gasteiger charge is 2.57. The summed E-state index contributed by atoms with van der Waals surface area (Å²) in [5, 5.41) is 13.3. The minimum atomic E-state index is -4.66. The molecule has 2 aliphatic rings. The Morgan fingerprint density at radius 2 is 1.76 bits per heavy atom. The van der Waals surface area contributed by atoms with E-state index in [9.17, 15) is 37.5 Å². The van der Waals surface area contributed by atoms with Crippen molar-refractivity contribution in [3.05, 3.63) is 91.0 Å². The molecule has 0 aliphatic carbocycles. The monoisotopic (exact) mass is 617 g/mol. The van der Waals surface area contributed by atoms with Gasteiger partial charge in [-0.15, -0.1) is 11.3 Å². The number of benzene rings is 2. The molecule has 3 amide bonds. The molecule has 1 fully saturated rings. The van der Waals surface area contributed by atoms with Crippen molar-refractivity contribution in [2.45, 2.75) is 28.9 Å². The molecule has 41 heavy (non-hydrogen) atoms. The largest absolute Gasteiger partial charge is 0.508 e. The van der Waals surface area contributed by atoms with E-state index in [0.717, 1.165) is 51.1 Å². The number of carbonyl (C=O) groups excluding carboxylic acids is 3. The standard InChI is InChI=1S/C27H18F3N3O5S3/c28-27(29,30)13-3-1-4-15(11-13)33-23(36)20-19(17-5-2-10-39-17)22-25(40-21(20)24(33)37)32(26(38)41-22)12-18(35)31-14-6-8-16(34)9-7-14/h1-11,19-21,34H,12H2,(H,31,35)/t19-,20-,21+/m0/s1. The van der Waals surface area contributed by atoms with E-state index in [1.54, 1.807) is 17.5 Å². The van der Waals surface area contributed by atoms with Crippen molar-refractivity contribution < 1.29 is 32.7 Å². The fourth-order valence-corrected chi connectivity index (χ4v) is 8.72. The predicted octanol–water partition coefficient (Wildman–Crippen LogP) is 5.13. The Morgan fingerprint density at radius 3 is 2.44 bits per heavy atom. The van der Waals surface area contributed by atoms with Crippen molar-refractivity contribution in [3.63, 3.8) is 0 Å². The second-order valence-electron chi connectivity index (χ2n) is 9.34. The summed E-state index contributed by atoms with van der Waals surface area (Å²) in [4.78, 5) is 55.0. The van der Waals surface area contributed by atoms with Crippen LogP contribution in [0.25, 0.3) is 0 Å². The van der Waals surface area contributed by atoms with E-state index >= 15 is 0 Å². The van der Waals surface area contributed by atoms with Crippen molar-refractivity contribution >= 4 is 63.5 Å². The number of phenolic OH excluding ortho intramolecular Hbond substituents is 1. The van der Waals surface area contributed by atoms with Gasteiger partial charge in [-0.25, -0.2) is 4.90 Å². The number of aromatic hydroxyl groups is 1. The second-order valence-corrected chi connectivity index (χ2v) is 12.4. The number of amides is 3. The zero-order valence-corrected chi connectivity index (χ0v) is 23.1. The van der Waals surface area contributed by atoms with Crippen LogP contribution < -0.4 is 15.1 Å². The molecule has 0 radical (unpaired) electrons. The third-order valence-electron chi connectivity index (χ3n) is 6.78. The molecular weight excluding hydrogens is 600 g/mol. The Kier molecular flexibility index (Phi) is 6.78. The predicted molar refractivity (Wildman–Crippen MR) is 149 cm³/mol. The molecule has 8 nitrogen and oxygen atoms in total. The average Bonchev–Trinajstić information content (AvgIpc) is 3.62. The topological polar surface area (TPSA) is 109 Å². The third kappa shape index (κ3) is 4.85. The quantitative estimate of drug-likeness (QED) is 0.238. The van der Waals surface area contributed by atoms with E-state index in [0.29, 0.717) is 15.6 Å². The van der Waals surface area contributed by atoms with E-state index in [4.69, 9.17) is 0 Å². The summed E-state index contributed by atoms with van der Waals surface area (Å²) in [7, 11) is 0. The number of thioether (sulfide) groups is 1. The van der Waals surface area contributed by atoms with Gasteiger partial charge in [0, 0.05) is 21.4 Å². The number of anilines is 2. The van der Waals surface area contributed by atoms with E-state index in [2.05, 4.69) is 5.32 Å². The van der Waals surface area contributed by atoms with Gasteiger partial charge in [0.25, 0.3) is 0 Å². The molecule has 2 aromatic heterocycles. The summed E-state index contributed by atoms with van der Waals surface area (Å²) >= 11 is 3.19. The number of nitrogens with one attached hydrogen (secondary N) is 1. The van der Waals surface area contributed by atoms with Crippen LogP contribution in [0.5, 0.6) is 5.75 Å². The number of alkyl halides is 3. The molecule has 2 aromatic carbocycles. The minimum Gasteiger partial charge on any atom is -0.508 e. The number of thiazole rings is 1. The molecule has 1 saturated heterocycles. The lowest BCUT2D eigenvalue weighted by Crippen LogP contribution is -2.32. The lowest BCUT2D eigenvalue weighted by atomic mass is 9.87.